The van der Waals surface area contributed by atoms with Crippen molar-refractivity contribution in [3.8, 4) is 6.07 Å². The highest BCUT2D eigenvalue weighted by Crippen LogP contribution is 2.37. The van der Waals surface area contributed by atoms with E-state index >= 15 is 0 Å². The fourth-order valence-electron chi connectivity index (χ4n) is 2.85. The normalized spacial score (nSPS) is 29.4. The van der Waals surface area contributed by atoms with Gasteiger partial charge in [-0.3, -0.25) is 0 Å². The van der Waals surface area contributed by atoms with Gasteiger partial charge >= 0.3 is 0 Å². The number of nitrogens with zero attached hydrogens (tertiary/aromatic N) is 3. The first-order chi connectivity index (χ1) is 9.97. The van der Waals surface area contributed by atoms with Crippen molar-refractivity contribution in [2.75, 3.05) is 13.2 Å². The summed E-state index contributed by atoms with van der Waals surface area (Å²) in [6.07, 6.45) is 0.308. The first-order valence-corrected chi connectivity index (χ1v) is 7.21. The van der Waals surface area contributed by atoms with Gasteiger partial charge in [-0.15, -0.1) is 0 Å². The topological polar surface area (TPSA) is 68.8 Å². The second-order valence-corrected chi connectivity index (χ2v) is 6.06. The molecule has 0 aliphatic carbocycles. The van der Waals surface area contributed by atoms with E-state index in [1.165, 1.54) is 0 Å². The van der Waals surface area contributed by atoms with Crippen molar-refractivity contribution in [3.05, 3.63) is 28.3 Å². The van der Waals surface area contributed by atoms with Crippen molar-refractivity contribution >= 4 is 23.3 Å². The van der Waals surface area contributed by atoms with Crippen LogP contribution < -0.4 is 0 Å². The van der Waals surface area contributed by atoms with Gasteiger partial charge in [0.1, 0.15) is 18.2 Å². The van der Waals surface area contributed by atoms with E-state index < -0.39 is 11.6 Å². The van der Waals surface area contributed by atoms with Crippen LogP contribution in [-0.4, -0.2) is 40.8 Å². The highest BCUT2D eigenvalue weighted by molar-refractivity contribution is 6.32. The Balaban J connectivity index is 1.98. The van der Waals surface area contributed by atoms with Gasteiger partial charge in [0.05, 0.1) is 22.4 Å². The summed E-state index contributed by atoms with van der Waals surface area (Å²) < 4.78 is 5.66. The van der Waals surface area contributed by atoms with E-state index in [1.54, 1.807) is 12.1 Å². The van der Waals surface area contributed by atoms with Gasteiger partial charge in [-0.25, -0.2) is 0 Å². The average Bonchev–Trinajstić information content (AvgIpc) is 2.94. The second-order valence-electron chi connectivity index (χ2n) is 5.68. The van der Waals surface area contributed by atoms with Gasteiger partial charge in [-0.1, -0.05) is 11.6 Å². The van der Waals surface area contributed by atoms with Crippen molar-refractivity contribution < 1.29 is 9.84 Å². The Hall–Kier alpha value is -1.77. The Kier molecular flexibility index (Phi) is 3.31. The lowest BCUT2D eigenvalue weighted by Gasteiger charge is -2.27. The Morgan fingerprint density at radius 3 is 3.05 bits per heavy atom. The Labute approximate surface area is 128 Å². The molecule has 2 atom stereocenters. The lowest BCUT2D eigenvalue weighted by atomic mass is 9.98. The molecule has 2 heterocycles. The summed E-state index contributed by atoms with van der Waals surface area (Å²) >= 11 is 6.16. The fraction of sp³-hybridized carbons (Fsp3) is 0.467. The maximum absolute atomic E-state index is 10.1. The van der Waals surface area contributed by atoms with Crippen LogP contribution in [0.4, 0.5) is 5.69 Å². The molecule has 0 bridgehead atoms. The monoisotopic (exact) mass is 305 g/mol. The third kappa shape index (κ3) is 2.06. The van der Waals surface area contributed by atoms with Crippen LogP contribution in [0.15, 0.2) is 17.1 Å². The molecule has 2 aliphatic heterocycles. The van der Waals surface area contributed by atoms with E-state index in [2.05, 4.69) is 11.1 Å². The molecule has 21 heavy (non-hydrogen) atoms. The summed E-state index contributed by atoms with van der Waals surface area (Å²) in [5.41, 5.74) is 1.47. The molecular weight excluding hydrogens is 290 g/mol. The van der Waals surface area contributed by atoms with E-state index in [1.807, 2.05) is 18.7 Å². The van der Waals surface area contributed by atoms with E-state index in [0.29, 0.717) is 35.3 Å². The number of aliphatic hydroxyl groups is 1. The van der Waals surface area contributed by atoms with Crippen LogP contribution in [0.3, 0.4) is 0 Å². The van der Waals surface area contributed by atoms with Crippen LogP contribution in [0.2, 0.25) is 5.02 Å². The number of ether oxygens (including phenoxy) is 1. The lowest BCUT2D eigenvalue weighted by Crippen LogP contribution is -2.46. The molecule has 6 heteroatoms. The molecule has 0 spiro atoms. The van der Waals surface area contributed by atoms with Crippen LogP contribution in [-0.2, 0) is 4.74 Å². The molecule has 1 unspecified atom stereocenters. The zero-order valence-electron chi connectivity index (χ0n) is 11.9. The summed E-state index contributed by atoms with van der Waals surface area (Å²) in [4.78, 5) is 6.53. The van der Waals surface area contributed by atoms with Crippen molar-refractivity contribution in [3.63, 3.8) is 0 Å². The quantitative estimate of drug-likeness (QED) is 0.865. The van der Waals surface area contributed by atoms with Gasteiger partial charge in [0, 0.05) is 6.54 Å². The summed E-state index contributed by atoms with van der Waals surface area (Å²) in [6.45, 7) is 4.96. The minimum atomic E-state index is -0.407. The highest BCUT2D eigenvalue weighted by atomic mass is 35.5. The number of rotatable bonds is 1. The molecular formula is C15H16ClN3O2. The Morgan fingerprint density at radius 2 is 2.33 bits per heavy atom. The number of aliphatic hydroxyl groups excluding tert-OH is 1. The van der Waals surface area contributed by atoms with Crippen molar-refractivity contribution in [1.29, 1.82) is 5.26 Å². The van der Waals surface area contributed by atoms with E-state index in [4.69, 9.17) is 21.6 Å². The lowest BCUT2D eigenvalue weighted by molar-refractivity contribution is 0.0714. The van der Waals surface area contributed by atoms with Gasteiger partial charge in [0.15, 0.2) is 0 Å². The number of hydrogen-bond donors (Lipinski definition) is 1. The number of amidine groups is 1. The van der Waals surface area contributed by atoms with E-state index in [-0.39, 0.29) is 0 Å². The van der Waals surface area contributed by atoms with Crippen molar-refractivity contribution in [2.24, 2.45) is 4.99 Å². The predicted octanol–water partition coefficient (Wildman–Crippen LogP) is 2.36. The predicted molar refractivity (Wildman–Crippen MR) is 79.7 cm³/mol. The molecule has 1 N–H and O–H groups in total. The molecule has 5 nitrogen and oxygen atoms in total. The standard InChI is InChI=1S/C15H16ClN3O2/c1-9-11(4-3-10(7-17)13(9)16)18-14-19-6-5-12(20)15(19,2)8-21-14/h3-4,12,20H,5-6,8H2,1-2H3/b18-14-/t12-,15?/m0/s1. The molecule has 3 rings (SSSR count). The van der Waals surface area contributed by atoms with Gasteiger partial charge in [0.2, 0.25) is 0 Å². The largest absolute Gasteiger partial charge is 0.462 e. The van der Waals surface area contributed by atoms with Crippen LogP contribution in [0.5, 0.6) is 0 Å². The molecule has 0 saturated carbocycles. The number of nitriles is 1. The summed E-state index contributed by atoms with van der Waals surface area (Å²) in [5, 5.41) is 19.5. The van der Waals surface area contributed by atoms with Gasteiger partial charge in [-0.2, -0.15) is 10.3 Å². The minimum Gasteiger partial charge on any atom is -0.462 e. The number of aliphatic imine (C=N–C) groups is 1. The third-order valence-corrected chi connectivity index (χ3v) is 4.87. The number of benzene rings is 1. The molecule has 0 amide bonds. The second kappa shape index (κ2) is 4.90. The number of hydrogen-bond acceptors (Lipinski definition) is 4. The van der Waals surface area contributed by atoms with Crippen molar-refractivity contribution in [1.82, 2.24) is 4.90 Å². The van der Waals surface area contributed by atoms with E-state index in [9.17, 15) is 5.11 Å². The SMILES string of the molecule is Cc1c(/N=C2\OCC3(C)[C@@H](O)CCN23)ccc(C#N)c1Cl. The molecule has 110 valence electrons. The molecule has 2 fully saturated rings. The van der Waals surface area contributed by atoms with Crippen LogP contribution >= 0.6 is 11.6 Å². The zero-order valence-corrected chi connectivity index (χ0v) is 12.7. The first kappa shape index (κ1) is 14.2. The van der Waals surface area contributed by atoms with Gasteiger partial charge < -0.3 is 14.7 Å². The highest BCUT2D eigenvalue weighted by Gasteiger charge is 2.51. The van der Waals surface area contributed by atoms with Gasteiger partial charge in [0.25, 0.3) is 6.02 Å². The summed E-state index contributed by atoms with van der Waals surface area (Å²) in [5.74, 6) is 0. The zero-order chi connectivity index (χ0) is 15.2. The Morgan fingerprint density at radius 1 is 1.57 bits per heavy atom. The fourth-order valence-corrected chi connectivity index (χ4v) is 3.05. The van der Waals surface area contributed by atoms with Crippen LogP contribution in [0.25, 0.3) is 0 Å². The molecule has 0 aromatic heterocycles. The number of fused-ring (bicyclic) bond motifs is 1. The first-order valence-electron chi connectivity index (χ1n) is 6.84. The number of halogens is 1. The maximum Gasteiger partial charge on any atom is 0.293 e. The van der Waals surface area contributed by atoms with Gasteiger partial charge in [-0.05, 0) is 38.0 Å². The summed E-state index contributed by atoms with van der Waals surface area (Å²) in [7, 11) is 0. The summed E-state index contributed by atoms with van der Waals surface area (Å²) in [6, 6.07) is 5.98. The molecule has 2 saturated heterocycles. The third-order valence-electron chi connectivity index (χ3n) is 4.38. The molecule has 1 aromatic carbocycles. The molecule has 1 aromatic rings. The maximum atomic E-state index is 10.1. The smallest absolute Gasteiger partial charge is 0.293 e. The minimum absolute atomic E-state index is 0.400. The van der Waals surface area contributed by atoms with Crippen molar-refractivity contribution in [2.45, 2.75) is 31.9 Å². The molecule has 2 aliphatic rings. The van der Waals surface area contributed by atoms with Crippen LogP contribution in [0.1, 0.15) is 24.5 Å². The van der Waals surface area contributed by atoms with Crippen LogP contribution in [0, 0.1) is 18.3 Å². The Bertz CT molecular complexity index is 668. The van der Waals surface area contributed by atoms with E-state index in [0.717, 1.165) is 12.1 Å². The average molecular weight is 306 g/mol. The molecule has 0 radical (unpaired) electrons.